The van der Waals surface area contributed by atoms with E-state index >= 15 is 0 Å². The Balaban J connectivity index is 2.05. The molecule has 0 atom stereocenters. The summed E-state index contributed by atoms with van der Waals surface area (Å²) in [5.41, 5.74) is 7.81. The first kappa shape index (κ1) is 10.5. The van der Waals surface area contributed by atoms with Gasteiger partial charge in [-0.15, -0.1) is 0 Å². The molecule has 82 valence electrons. The Hall–Kier alpha value is -2.03. The summed E-state index contributed by atoms with van der Waals surface area (Å²) < 4.78 is 13.0. The summed E-state index contributed by atoms with van der Waals surface area (Å²) in [5.74, 6) is -0.324. The van der Waals surface area contributed by atoms with Crippen molar-refractivity contribution < 1.29 is 4.39 Å². The molecule has 0 aliphatic carbocycles. The average Bonchev–Trinajstić information content (AvgIpc) is 2.27. The zero-order valence-electron chi connectivity index (χ0n) is 8.78. The quantitative estimate of drug-likeness (QED) is 0.774. The van der Waals surface area contributed by atoms with Crippen LogP contribution in [0.3, 0.4) is 0 Å². The van der Waals surface area contributed by atoms with Crippen molar-refractivity contribution in [2.24, 2.45) is 0 Å². The lowest BCUT2D eigenvalue weighted by molar-refractivity contribution is 0.629. The number of hydrogen-bond donors (Lipinski definition) is 2. The lowest BCUT2D eigenvalue weighted by atomic mass is 10.2. The van der Waals surface area contributed by atoms with Gasteiger partial charge in [0.05, 0.1) is 0 Å². The minimum absolute atomic E-state index is 0.324. The summed E-state index contributed by atoms with van der Waals surface area (Å²) in [6, 6.07) is 14.4. The van der Waals surface area contributed by atoms with Gasteiger partial charge in [0.25, 0.3) is 0 Å². The van der Waals surface area contributed by atoms with Crippen molar-refractivity contribution in [2.75, 3.05) is 11.1 Å². The first-order chi connectivity index (χ1) is 7.74. The van der Waals surface area contributed by atoms with Crippen LogP contribution in [0.2, 0.25) is 0 Å². The number of halogens is 1. The molecular formula is C13H13FN2. The maximum Gasteiger partial charge on any atom is 0.127 e. The molecule has 2 aromatic rings. The third-order valence-electron chi connectivity index (χ3n) is 2.26. The molecule has 0 saturated carbocycles. The van der Waals surface area contributed by atoms with Gasteiger partial charge in [0.1, 0.15) is 5.82 Å². The van der Waals surface area contributed by atoms with Crippen LogP contribution in [0.1, 0.15) is 5.56 Å². The van der Waals surface area contributed by atoms with Crippen molar-refractivity contribution in [2.45, 2.75) is 6.54 Å². The lowest BCUT2D eigenvalue weighted by Gasteiger charge is -2.07. The second-order valence-corrected chi connectivity index (χ2v) is 3.61. The highest BCUT2D eigenvalue weighted by molar-refractivity contribution is 5.54. The van der Waals surface area contributed by atoms with Crippen LogP contribution in [0, 0.1) is 5.82 Å². The predicted octanol–water partition coefficient (Wildman–Crippen LogP) is 3.02. The normalized spacial score (nSPS) is 10.1. The molecule has 0 fully saturated rings. The molecule has 0 amide bonds. The van der Waals surface area contributed by atoms with Crippen molar-refractivity contribution >= 4 is 11.4 Å². The van der Waals surface area contributed by atoms with Crippen molar-refractivity contribution in [3.8, 4) is 0 Å². The van der Waals surface area contributed by atoms with Gasteiger partial charge in [0, 0.05) is 17.9 Å². The smallest absolute Gasteiger partial charge is 0.127 e. The summed E-state index contributed by atoms with van der Waals surface area (Å²) in [5, 5.41) is 3.12. The van der Waals surface area contributed by atoms with E-state index in [-0.39, 0.29) is 5.82 Å². The number of rotatable bonds is 3. The van der Waals surface area contributed by atoms with Gasteiger partial charge in [0.2, 0.25) is 0 Å². The van der Waals surface area contributed by atoms with Gasteiger partial charge in [-0.1, -0.05) is 30.3 Å². The molecule has 2 aromatic carbocycles. The van der Waals surface area contributed by atoms with Crippen LogP contribution < -0.4 is 11.1 Å². The highest BCUT2D eigenvalue weighted by Gasteiger charge is 1.98. The largest absolute Gasteiger partial charge is 0.399 e. The number of nitrogen functional groups attached to an aromatic ring is 1. The molecule has 0 aromatic heterocycles. The number of anilines is 2. The molecule has 0 aliphatic heterocycles. The van der Waals surface area contributed by atoms with E-state index < -0.39 is 0 Å². The Morgan fingerprint density at radius 3 is 2.50 bits per heavy atom. The van der Waals surface area contributed by atoms with Crippen LogP contribution in [0.25, 0.3) is 0 Å². The molecule has 0 spiro atoms. The van der Waals surface area contributed by atoms with Gasteiger partial charge in [-0.2, -0.15) is 0 Å². The van der Waals surface area contributed by atoms with Gasteiger partial charge in [0.15, 0.2) is 0 Å². The average molecular weight is 216 g/mol. The summed E-state index contributed by atoms with van der Waals surface area (Å²) >= 11 is 0. The molecule has 0 radical (unpaired) electrons. The molecule has 0 heterocycles. The highest BCUT2D eigenvalue weighted by atomic mass is 19.1. The third-order valence-corrected chi connectivity index (χ3v) is 2.26. The second-order valence-electron chi connectivity index (χ2n) is 3.61. The fourth-order valence-electron chi connectivity index (χ4n) is 1.51. The maximum absolute atomic E-state index is 13.0. The molecule has 16 heavy (non-hydrogen) atoms. The first-order valence-corrected chi connectivity index (χ1v) is 5.08. The lowest BCUT2D eigenvalue weighted by Crippen LogP contribution is -2.00. The minimum atomic E-state index is -0.324. The van der Waals surface area contributed by atoms with Gasteiger partial charge in [-0.05, 0) is 23.8 Å². The van der Waals surface area contributed by atoms with E-state index in [2.05, 4.69) is 5.32 Å². The minimum Gasteiger partial charge on any atom is -0.399 e. The summed E-state index contributed by atoms with van der Waals surface area (Å²) in [4.78, 5) is 0. The SMILES string of the molecule is Nc1cc(F)cc(NCc2ccccc2)c1. The highest BCUT2D eigenvalue weighted by Crippen LogP contribution is 2.16. The Morgan fingerprint density at radius 2 is 1.81 bits per heavy atom. The Morgan fingerprint density at radius 1 is 1.06 bits per heavy atom. The predicted molar refractivity (Wildman–Crippen MR) is 64.6 cm³/mol. The Kier molecular flexibility index (Phi) is 3.05. The summed E-state index contributed by atoms with van der Waals surface area (Å²) in [7, 11) is 0. The van der Waals surface area contributed by atoms with Crippen LogP contribution >= 0.6 is 0 Å². The van der Waals surface area contributed by atoms with Gasteiger partial charge < -0.3 is 11.1 Å². The van der Waals surface area contributed by atoms with E-state index in [0.717, 1.165) is 5.56 Å². The van der Waals surface area contributed by atoms with Crippen LogP contribution in [-0.4, -0.2) is 0 Å². The van der Waals surface area contributed by atoms with E-state index in [4.69, 9.17) is 5.73 Å². The van der Waals surface area contributed by atoms with E-state index in [1.54, 1.807) is 6.07 Å². The monoisotopic (exact) mass is 216 g/mol. The maximum atomic E-state index is 13.0. The van der Waals surface area contributed by atoms with E-state index in [1.165, 1.54) is 12.1 Å². The molecule has 3 N–H and O–H groups in total. The zero-order chi connectivity index (χ0) is 11.4. The van der Waals surface area contributed by atoms with Crippen molar-refractivity contribution in [1.82, 2.24) is 0 Å². The molecule has 2 nitrogen and oxygen atoms in total. The van der Waals surface area contributed by atoms with Crippen LogP contribution in [0.5, 0.6) is 0 Å². The van der Waals surface area contributed by atoms with Crippen molar-refractivity contribution in [3.05, 3.63) is 59.9 Å². The molecule has 0 aliphatic rings. The van der Waals surface area contributed by atoms with E-state index in [1.807, 2.05) is 30.3 Å². The third kappa shape index (κ3) is 2.73. The van der Waals surface area contributed by atoms with Crippen LogP contribution in [0.4, 0.5) is 15.8 Å². The Bertz CT molecular complexity index is 448. The fraction of sp³-hybridized carbons (Fsp3) is 0.0769. The Labute approximate surface area is 93.9 Å². The fourth-order valence-corrected chi connectivity index (χ4v) is 1.51. The summed E-state index contributed by atoms with van der Waals surface area (Å²) in [6.45, 7) is 0.656. The number of nitrogens with one attached hydrogen (secondary N) is 1. The second kappa shape index (κ2) is 4.66. The van der Waals surface area contributed by atoms with E-state index in [9.17, 15) is 4.39 Å². The molecule has 2 rings (SSSR count). The number of benzene rings is 2. The molecular weight excluding hydrogens is 203 g/mol. The topological polar surface area (TPSA) is 38.0 Å². The van der Waals surface area contributed by atoms with E-state index in [0.29, 0.717) is 17.9 Å². The summed E-state index contributed by atoms with van der Waals surface area (Å²) in [6.07, 6.45) is 0. The van der Waals surface area contributed by atoms with Gasteiger partial charge in [-0.3, -0.25) is 0 Å². The zero-order valence-corrected chi connectivity index (χ0v) is 8.78. The molecule has 0 bridgehead atoms. The number of nitrogens with two attached hydrogens (primary N) is 1. The van der Waals surface area contributed by atoms with Crippen LogP contribution in [-0.2, 0) is 6.54 Å². The number of hydrogen-bond acceptors (Lipinski definition) is 2. The molecule has 0 saturated heterocycles. The first-order valence-electron chi connectivity index (χ1n) is 5.08. The van der Waals surface area contributed by atoms with Gasteiger partial charge >= 0.3 is 0 Å². The molecule has 0 unspecified atom stereocenters. The van der Waals surface area contributed by atoms with Crippen molar-refractivity contribution in [3.63, 3.8) is 0 Å². The van der Waals surface area contributed by atoms with Gasteiger partial charge in [-0.25, -0.2) is 4.39 Å². The van der Waals surface area contributed by atoms with Crippen molar-refractivity contribution in [1.29, 1.82) is 0 Å². The standard InChI is InChI=1S/C13H13FN2/c14-11-6-12(15)8-13(7-11)16-9-10-4-2-1-3-5-10/h1-8,16H,9,15H2. The molecule has 3 heteroatoms. The van der Waals surface area contributed by atoms with Crippen LogP contribution in [0.15, 0.2) is 48.5 Å².